The molecule has 0 heterocycles. The Morgan fingerprint density at radius 2 is 1.35 bits per heavy atom. The van der Waals surface area contributed by atoms with Crippen molar-refractivity contribution in [3.8, 4) is 0 Å². The van der Waals surface area contributed by atoms with Gasteiger partial charge in [0.2, 0.25) is 0 Å². The molecule has 0 aliphatic heterocycles. The lowest BCUT2D eigenvalue weighted by molar-refractivity contribution is -0.273. The van der Waals surface area contributed by atoms with E-state index in [1.807, 2.05) is 0 Å². The molecule has 0 saturated heterocycles. The number of ether oxygens (including phenoxy) is 1. The second-order valence-electron chi connectivity index (χ2n) is 4.77. The van der Waals surface area contributed by atoms with Gasteiger partial charge in [0.25, 0.3) is 0 Å². The third-order valence-electron chi connectivity index (χ3n) is 2.76. The van der Waals surface area contributed by atoms with Gasteiger partial charge in [-0.3, -0.25) is 9.68 Å². The normalized spacial score (nSPS) is 10.3. The summed E-state index contributed by atoms with van der Waals surface area (Å²) in [5.41, 5.74) is 0. The summed E-state index contributed by atoms with van der Waals surface area (Å²) in [7, 11) is 0. The molecule has 5 heteroatoms. The van der Waals surface area contributed by atoms with Gasteiger partial charge < -0.3 is 4.74 Å². The first-order valence-corrected chi connectivity index (χ1v) is 7.68. The SMILES string of the molecule is CCCCCC(=O)OCCCOOC(=O)CCCCC. The zero-order valence-electron chi connectivity index (χ0n) is 12.8. The van der Waals surface area contributed by atoms with Crippen LogP contribution in [0.25, 0.3) is 0 Å². The molecule has 0 amide bonds. The summed E-state index contributed by atoms with van der Waals surface area (Å²) in [5.74, 6) is -0.509. The van der Waals surface area contributed by atoms with Crippen LogP contribution in [0.15, 0.2) is 0 Å². The highest BCUT2D eigenvalue weighted by molar-refractivity contribution is 5.69. The highest BCUT2D eigenvalue weighted by Crippen LogP contribution is 2.02. The largest absolute Gasteiger partial charge is 0.466 e. The van der Waals surface area contributed by atoms with Crippen molar-refractivity contribution in [1.29, 1.82) is 0 Å². The van der Waals surface area contributed by atoms with Gasteiger partial charge in [-0.15, -0.1) is 0 Å². The predicted molar refractivity (Wildman–Crippen MR) is 75.9 cm³/mol. The smallest absolute Gasteiger partial charge is 0.342 e. The Hall–Kier alpha value is -1.10. The van der Waals surface area contributed by atoms with Gasteiger partial charge in [-0.2, -0.15) is 4.89 Å². The zero-order chi connectivity index (χ0) is 15.1. The molecular weight excluding hydrogens is 260 g/mol. The van der Waals surface area contributed by atoms with Gasteiger partial charge >= 0.3 is 11.9 Å². The van der Waals surface area contributed by atoms with E-state index in [9.17, 15) is 9.59 Å². The third-order valence-corrected chi connectivity index (χ3v) is 2.76. The Labute approximate surface area is 121 Å². The molecule has 0 aliphatic rings. The summed E-state index contributed by atoms with van der Waals surface area (Å²) >= 11 is 0. The second kappa shape index (κ2) is 14.3. The van der Waals surface area contributed by atoms with Crippen molar-refractivity contribution in [1.82, 2.24) is 0 Å². The zero-order valence-corrected chi connectivity index (χ0v) is 12.8. The van der Waals surface area contributed by atoms with Crippen LogP contribution in [0.5, 0.6) is 0 Å². The van der Waals surface area contributed by atoms with Gasteiger partial charge in [0.05, 0.1) is 13.2 Å². The quantitative estimate of drug-likeness (QED) is 0.224. The van der Waals surface area contributed by atoms with Crippen molar-refractivity contribution in [2.45, 2.75) is 71.6 Å². The number of unbranched alkanes of at least 4 members (excludes halogenated alkanes) is 4. The number of hydrogen-bond donors (Lipinski definition) is 0. The summed E-state index contributed by atoms with van der Waals surface area (Å²) in [6.07, 6.45) is 7.32. The minimum atomic E-state index is -0.338. The van der Waals surface area contributed by atoms with Crippen molar-refractivity contribution in [3.63, 3.8) is 0 Å². The number of carbonyl (C=O) groups is 2. The average molecular weight is 288 g/mol. The lowest BCUT2D eigenvalue weighted by Crippen LogP contribution is -2.10. The third kappa shape index (κ3) is 13.3. The highest BCUT2D eigenvalue weighted by Gasteiger charge is 2.04. The molecule has 0 aromatic carbocycles. The van der Waals surface area contributed by atoms with E-state index in [-0.39, 0.29) is 18.5 Å². The number of esters is 1. The fourth-order valence-corrected chi connectivity index (χ4v) is 1.56. The molecule has 0 bridgehead atoms. The molecule has 0 rings (SSSR count). The fourth-order valence-electron chi connectivity index (χ4n) is 1.56. The van der Waals surface area contributed by atoms with Crippen molar-refractivity contribution in [2.75, 3.05) is 13.2 Å². The summed E-state index contributed by atoms with van der Waals surface area (Å²) in [4.78, 5) is 31.8. The Bertz CT molecular complexity index is 227. The van der Waals surface area contributed by atoms with E-state index < -0.39 is 0 Å². The van der Waals surface area contributed by atoms with E-state index in [1.165, 1.54) is 0 Å². The molecule has 0 spiro atoms. The van der Waals surface area contributed by atoms with Crippen molar-refractivity contribution in [2.24, 2.45) is 0 Å². The first-order valence-electron chi connectivity index (χ1n) is 7.68. The first-order chi connectivity index (χ1) is 9.70. The molecule has 0 fully saturated rings. The van der Waals surface area contributed by atoms with E-state index in [2.05, 4.69) is 18.7 Å². The van der Waals surface area contributed by atoms with Gasteiger partial charge in [-0.05, 0) is 12.8 Å². The second-order valence-corrected chi connectivity index (χ2v) is 4.77. The maximum absolute atomic E-state index is 11.3. The molecule has 118 valence electrons. The fraction of sp³-hybridized carbons (Fsp3) is 0.867. The van der Waals surface area contributed by atoms with Crippen LogP contribution in [0.3, 0.4) is 0 Å². The van der Waals surface area contributed by atoms with Crippen LogP contribution in [0.1, 0.15) is 71.6 Å². The summed E-state index contributed by atoms with van der Waals surface area (Å²) in [5, 5.41) is 0. The van der Waals surface area contributed by atoms with Crippen LogP contribution in [0.4, 0.5) is 0 Å². The van der Waals surface area contributed by atoms with Crippen LogP contribution in [-0.2, 0) is 24.1 Å². The lowest BCUT2D eigenvalue weighted by Gasteiger charge is -2.05. The van der Waals surface area contributed by atoms with Crippen LogP contribution in [0, 0.1) is 0 Å². The highest BCUT2D eigenvalue weighted by atomic mass is 17.2. The summed E-state index contributed by atoms with van der Waals surface area (Å²) < 4.78 is 5.02. The Morgan fingerprint density at radius 3 is 1.95 bits per heavy atom. The molecule has 0 atom stereocenters. The van der Waals surface area contributed by atoms with Crippen molar-refractivity contribution in [3.05, 3.63) is 0 Å². The van der Waals surface area contributed by atoms with E-state index in [0.29, 0.717) is 25.9 Å². The molecule has 5 nitrogen and oxygen atoms in total. The van der Waals surface area contributed by atoms with Crippen LogP contribution < -0.4 is 0 Å². The molecule has 0 aromatic heterocycles. The molecule has 0 N–H and O–H groups in total. The van der Waals surface area contributed by atoms with Gasteiger partial charge in [-0.25, -0.2) is 4.79 Å². The number of hydrogen-bond acceptors (Lipinski definition) is 5. The predicted octanol–water partition coefficient (Wildman–Crippen LogP) is 3.56. The molecule has 0 unspecified atom stereocenters. The van der Waals surface area contributed by atoms with Gasteiger partial charge in [-0.1, -0.05) is 39.5 Å². The van der Waals surface area contributed by atoms with Crippen LogP contribution >= 0.6 is 0 Å². The molecule has 0 aromatic rings. The molecular formula is C15H28O5. The van der Waals surface area contributed by atoms with Gasteiger partial charge in [0.15, 0.2) is 0 Å². The Kier molecular flexibility index (Phi) is 13.5. The minimum absolute atomic E-state index is 0.171. The molecule has 20 heavy (non-hydrogen) atoms. The van der Waals surface area contributed by atoms with Crippen molar-refractivity contribution >= 4 is 11.9 Å². The minimum Gasteiger partial charge on any atom is -0.466 e. The van der Waals surface area contributed by atoms with Crippen LogP contribution in [-0.4, -0.2) is 25.2 Å². The summed E-state index contributed by atoms with van der Waals surface area (Å²) in [6, 6.07) is 0. The maximum atomic E-state index is 11.3. The summed E-state index contributed by atoms with van der Waals surface area (Å²) in [6.45, 7) is 4.72. The van der Waals surface area contributed by atoms with Crippen LogP contribution in [0.2, 0.25) is 0 Å². The standard InChI is InChI=1S/C15H28O5/c1-3-5-7-10-14(16)18-12-9-13-19-20-15(17)11-8-6-4-2/h3-13H2,1-2H3. The average Bonchev–Trinajstić information content (AvgIpc) is 2.43. The Morgan fingerprint density at radius 1 is 0.750 bits per heavy atom. The molecule has 0 saturated carbocycles. The van der Waals surface area contributed by atoms with Crippen molar-refractivity contribution < 1.29 is 24.1 Å². The number of carbonyl (C=O) groups excluding carboxylic acids is 2. The van der Waals surface area contributed by atoms with E-state index in [0.717, 1.165) is 38.5 Å². The maximum Gasteiger partial charge on any atom is 0.342 e. The van der Waals surface area contributed by atoms with E-state index in [1.54, 1.807) is 0 Å². The first kappa shape index (κ1) is 18.9. The number of rotatable bonds is 13. The Balaban J connectivity index is 3.27. The van der Waals surface area contributed by atoms with E-state index in [4.69, 9.17) is 9.62 Å². The lowest BCUT2D eigenvalue weighted by atomic mass is 10.2. The monoisotopic (exact) mass is 288 g/mol. The van der Waals surface area contributed by atoms with Gasteiger partial charge in [0, 0.05) is 19.3 Å². The topological polar surface area (TPSA) is 61.8 Å². The van der Waals surface area contributed by atoms with E-state index >= 15 is 0 Å². The van der Waals surface area contributed by atoms with Gasteiger partial charge in [0.1, 0.15) is 0 Å². The molecule has 0 aliphatic carbocycles. The molecule has 0 radical (unpaired) electrons.